The Morgan fingerprint density at radius 3 is 2.50 bits per heavy atom. The average Bonchev–Trinajstić information content (AvgIpc) is 2.46. The van der Waals surface area contributed by atoms with Gasteiger partial charge in [-0.05, 0) is 18.4 Å². The number of carbonyl (C=O) groups is 1. The van der Waals surface area contributed by atoms with Crippen LogP contribution in [-0.4, -0.2) is 23.3 Å². The van der Waals surface area contributed by atoms with Gasteiger partial charge in [0.1, 0.15) is 0 Å². The number of halogens is 3. The number of aliphatic hydroxyl groups excluding tert-OH is 1. The first-order valence-electron chi connectivity index (χ1n) is 7.12. The minimum Gasteiger partial charge on any atom is -0.389 e. The van der Waals surface area contributed by atoms with E-state index in [4.69, 9.17) is 0 Å². The molecule has 0 radical (unpaired) electrons. The van der Waals surface area contributed by atoms with Gasteiger partial charge in [0.15, 0.2) is 0 Å². The van der Waals surface area contributed by atoms with E-state index in [2.05, 4.69) is 0 Å². The Balaban J connectivity index is 2.78. The van der Waals surface area contributed by atoms with E-state index < -0.39 is 24.2 Å². The van der Waals surface area contributed by atoms with Crippen LogP contribution in [0.2, 0.25) is 0 Å². The van der Waals surface area contributed by atoms with Gasteiger partial charge in [-0.1, -0.05) is 55.8 Å². The summed E-state index contributed by atoms with van der Waals surface area (Å²) in [6.45, 7) is 1.92. The van der Waals surface area contributed by atoms with Gasteiger partial charge in [0, 0.05) is 0 Å². The molecule has 3 nitrogen and oxygen atoms in total. The molecule has 0 saturated carbocycles. The molecular formula is C16H20F3NO2. The molecule has 2 N–H and O–H groups in total. The van der Waals surface area contributed by atoms with Crippen molar-refractivity contribution in [3.8, 4) is 0 Å². The van der Waals surface area contributed by atoms with Crippen molar-refractivity contribution >= 4 is 5.91 Å². The van der Waals surface area contributed by atoms with Crippen LogP contribution < -0.4 is 5.32 Å². The van der Waals surface area contributed by atoms with Gasteiger partial charge in [0.25, 0.3) is 0 Å². The largest absolute Gasteiger partial charge is 0.471 e. The van der Waals surface area contributed by atoms with Crippen LogP contribution in [0.1, 0.15) is 37.8 Å². The van der Waals surface area contributed by atoms with Crippen molar-refractivity contribution in [1.82, 2.24) is 5.32 Å². The number of carbonyl (C=O) groups excluding carboxylic acids is 1. The van der Waals surface area contributed by atoms with Gasteiger partial charge >= 0.3 is 12.1 Å². The van der Waals surface area contributed by atoms with Crippen molar-refractivity contribution in [2.75, 3.05) is 0 Å². The van der Waals surface area contributed by atoms with Gasteiger partial charge in [-0.25, -0.2) is 0 Å². The quantitative estimate of drug-likeness (QED) is 0.757. The fraction of sp³-hybridized carbons (Fsp3) is 0.438. The first-order chi connectivity index (χ1) is 10.3. The molecule has 0 aromatic heterocycles. The van der Waals surface area contributed by atoms with Crippen LogP contribution in [0, 0.1) is 0 Å². The van der Waals surface area contributed by atoms with E-state index in [9.17, 15) is 23.1 Å². The highest BCUT2D eigenvalue weighted by Gasteiger charge is 2.39. The zero-order chi connectivity index (χ0) is 16.6. The van der Waals surface area contributed by atoms with E-state index in [1.165, 1.54) is 0 Å². The molecule has 0 aliphatic rings. The fourth-order valence-electron chi connectivity index (χ4n) is 1.97. The normalized spacial score (nSPS) is 14.8. The zero-order valence-corrected chi connectivity index (χ0v) is 12.3. The Bertz CT molecular complexity index is 486. The first-order valence-corrected chi connectivity index (χ1v) is 7.12. The van der Waals surface area contributed by atoms with Crippen LogP contribution in [-0.2, 0) is 4.79 Å². The van der Waals surface area contributed by atoms with Gasteiger partial charge in [0.2, 0.25) is 0 Å². The third-order valence-corrected chi connectivity index (χ3v) is 3.08. The second-order valence-corrected chi connectivity index (χ2v) is 4.95. The lowest BCUT2D eigenvalue weighted by Crippen LogP contribution is -2.39. The summed E-state index contributed by atoms with van der Waals surface area (Å²) in [5.41, 5.74) is 0.578. The van der Waals surface area contributed by atoms with Crippen LogP contribution >= 0.6 is 0 Å². The molecule has 2 unspecified atom stereocenters. The molecular weight excluding hydrogens is 295 g/mol. The predicted octanol–water partition coefficient (Wildman–Crippen LogP) is 3.51. The molecule has 22 heavy (non-hydrogen) atoms. The lowest BCUT2D eigenvalue weighted by molar-refractivity contribution is -0.174. The number of hydrogen-bond donors (Lipinski definition) is 2. The van der Waals surface area contributed by atoms with Crippen molar-refractivity contribution in [2.24, 2.45) is 0 Å². The molecule has 0 spiro atoms. The van der Waals surface area contributed by atoms with Crippen LogP contribution in [0.5, 0.6) is 0 Å². The highest BCUT2D eigenvalue weighted by atomic mass is 19.4. The van der Waals surface area contributed by atoms with Crippen molar-refractivity contribution in [3.63, 3.8) is 0 Å². The Morgan fingerprint density at radius 1 is 1.32 bits per heavy atom. The van der Waals surface area contributed by atoms with Crippen molar-refractivity contribution in [2.45, 2.75) is 44.5 Å². The topological polar surface area (TPSA) is 49.3 Å². The molecule has 0 aliphatic heterocycles. The summed E-state index contributed by atoms with van der Waals surface area (Å²) < 4.78 is 37.2. The molecule has 1 rings (SSSR count). The third kappa shape index (κ3) is 6.30. The molecule has 1 amide bonds. The van der Waals surface area contributed by atoms with E-state index >= 15 is 0 Å². The van der Waals surface area contributed by atoms with E-state index in [-0.39, 0.29) is 6.42 Å². The summed E-state index contributed by atoms with van der Waals surface area (Å²) in [4.78, 5) is 11.1. The first kappa shape index (κ1) is 18.2. The molecule has 1 aromatic rings. The smallest absolute Gasteiger partial charge is 0.389 e. The molecule has 0 heterocycles. The standard InChI is InChI=1S/C16H20F3NO2/c1-2-7-13(21)10-6-11-14(12-8-4-3-5-9-12)20-15(22)16(17,18)19/h3-6,8-10,13-14,21H,2,7,11H2,1H3,(H,20,22)/b10-6+. The Kier molecular flexibility index (Phi) is 7.11. The lowest BCUT2D eigenvalue weighted by Gasteiger charge is -2.19. The second kappa shape index (κ2) is 8.58. The Labute approximate surface area is 127 Å². The number of hydrogen-bond acceptors (Lipinski definition) is 2. The summed E-state index contributed by atoms with van der Waals surface area (Å²) in [5.74, 6) is -1.97. The second-order valence-electron chi connectivity index (χ2n) is 4.95. The molecule has 2 atom stereocenters. The van der Waals surface area contributed by atoms with Gasteiger partial charge in [-0.3, -0.25) is 4.79 Å². The molecule has 6 heteroatoms. The molecule has 0 fully saturated rings. The minimum absolute atomic E-state index is 0.173. The maximum atomic E-state index is 12.4. The average molecular weight is 315 g/mol. The van der Waals surface area contributed by atoms with E-state index in [1.807, 2.05) is 12.2 Å². The van der Waals surface area contributed by atoms with Crippen LogP contribution in [0.3, 0.4) is 0 Å². The zero-order valence-electron chi connectivity index (χ0n) is 12.3. The highest BCUT2D eigenvalue weighted by Crippen LogP contribution is 2.21. The monoisotopic (exact) mass is 315 g/mol. The molecule has 1 aromatic carbocycles. The summed E-state index contributed by atoms with van der Waals surface area (Å²) in [6.07, 6.45) is -0.849. The molecule has 0 saturated heterocycles. The summed E-state index contributed by atoms with van der Waals surface area (Å²) in [6, 6.07) is 7.64. The van der Waals surface area contributed by atoms with Gasteiger partial charge in [-0.2, -0.15) is 13.2 Å². The maximum Gasteiger partial charge on any atom is 0.471 e. The number of alkyl halides is 3. The number of nitrogens with one attached hydrogen (secondary N) is 1. The fourth-order valence-corrected chi connectivity index (χ4v) is 1.97. The summed E-state index contributed by atoms with van der Waals surface area (Å²) in [7, 11) is 0. The molecule has 0 bridgehead atoms. The van der Waals surface area contributed by atoms with Crippen LogP contribution in [0.15, 0.2) is 42.5 Å². The van der Waals surface area contributed by atoms with Crippen LogP contribution in [0.4, 0.5) is 13.2 Å². The molecule has 122 valence electrons. The highest BCUT2D eigenvalue weighted by molar-refractivity contribution is 5.82. The number of aliphatic hydroxyl groups is 1. The predicted molar refractivity (Wildman–Crippen MR) is 78.1 cm³/mol. The molecule has 0 aliphatic carbocycles. The van der Waals surface area contributed by atoms with E-state index in [0.717, 1.165) is 6.42 Å². The lowest BCUT2D eigenvalue weighted by atomic mass is 10.0. The number of benzene rings is 1. The Hall–Kier alpha value is -1.82. The van der Waals surface area contributed by atoms with Gasteiger partial charge < -0.3 is 10.4 Å². The van der Waals surface area contributed by atoms with Crippen molar-refractivity contribution in [3.05, 3.63) is 48.0 Å². The van der Waals surface area contributed by atoms with Gasteiger partial charge in [0.05, 0.1) is 12.1 Å². The maximum absolute atomic E-state index is 12.4. The summed E-state index contributed by atoms with van der Waals surface area (Å²) in [5, 5.41) is 11.6. The van der Waals surface area contributed by atoms with E-state index in [0.29, 0.717) is 12.0 Å². The summed E-state index contributed by atoms with van der Waals surface area (Å²) >= 11 is 0. The van der Waals surface area contributed by atoms with Gasteiger partial charge in [-0.15, -0.1) is 0 Å². The minimum atomic E-state index is -4.92. The SMILES string of the molecule is CCCC(O)/C=C/CC(NC(=O)C(F)(F)F)c1ccccc1. The van der Waals surface area contributed by atoms with E-state index in [1.54, 1.807) is 42.5 Å². The Morgan fingerprint density at radius 2 is 1.95 bits per heavy atom. The van der Waals surface area contributed by atoms with Crippen molar-refractivity contribution in [1.29, 1.82) is 0 Å². The van der Waals surface area contributed by atoms with Crippen LogP contribution in [0.25, 0.3) is 0 Å². The number of rotatable bonds is 7. The third-order valence-electron chi connectivity index (χ3n) is 3.08. The van der Waals surface area contributed by atoms with Crippen molar-refractivity contribution < 1.29 is 23.1 Å². The number of amides is 1.